The van der Waals surface area contributed by atoms with Gasteiger partial charge in [0.15, 0.2) is 0 Å². The number of rotatable bonds is 5. The summed E-state index contributed by atoms with van der Waals surface area (Å²) >= 11 is 1.65. The first-order valence-corrected chi connectivity index (χ1v) is 9.74. The van der Waals surface area contributed by atoms with E-state index in [9.17, 15) is 9.59 Å². The van der Waals surface area contributed by atoms with Crippen molar-refractivity contribution >= 4 is 23.2 Å². The molecule has 0 aliphatic carbocycles. The molecular weight excluding hydrogens is 324 g/mol. The average Bonchev–Trinajstić information content (AvgIpc) is 3.20. The van der Waals surface area contributed by atoms with Crippen molar-refractivity contribution in [1.29, 1.82) is 0 Å². The molecule has 0 saturated carbocycles. The number of piperidine rings is 1. The van der Waals surface area contributed by atoms with E-state index in [1.54, 1.807) is 16.2 Å². The molecule has 1 aromatic heterocycles. The fourth-order valence-corrected chi connectivity index (χ4v) is 4.93. The first kappa shape index (κ1) is 17.4. The maximum absolute atomic E-state index is 12.8. The van der Waals surface area contributed by atoms with Crippen LogP contribution in [0.2, 0.25) is 0 Å². The summed E-state index contributed by atoms with van der Waals surface area (Å²) in [4.78, 5) is 30.4. The van der Waals surface area contributed by atoms with E-state index in [4.69, 9.17) is 5.11 Å². The van der Waals surface area contributed by atoms with Crippen molar-refractivity contribution in [3.8, 4) is 0 Å². The zero-order valence-electron chi connectivity index (χ0n) is 14.3. The lowest BCUT2D eigenvalue weighted by molar-refractivity contribution is -0.146. The second-order valence-electron chi connectivity index (χ2n) is 6.93. The zero-order valence-corrected chi connectivity index (χ0v) is 15.1. The van der Waals surface area contributed by atoms with Crippen molar-refractivity contribution in [2.45, 2.75) is 39.0 Å². The second kappa shape index (κ2) is 7.23. The molecule has 2 aliphatic rings. The predicted molar refractivity (Wildman–Crippen MR) is 94.2 cm³/mol. The molecule has 2 saturated heterocycles. The van der Waals surface area contributed by atoms with Gasteiger partial charge in [-0.2, -0.15) is 0 Å². The third kappa shape index (κ3) is 3.22. The maximum atomic E-state index is 12.8. The van der Waals surface area contributed by atoms with Gasteiger partial charge in [0.2, 0.25) is 5.91 Å². The summed E-state index contributed by atoms with van der Waals surface area (Å²) in [5, 5.41) is 11.1. The number of aliphatic hydroxyl groups excluding tert-OH is 1. The van der Waals surface area contributed by atoms with E-state index in [2.05, 4.69) is 6.92 Å². The minimum Gasteiger partial charge on any atom is -0.395 e. The van der Waals surface area contributed by atoms with E-state index in [-0.39, 0.29) is 18.4 Å². The Bertz CT molecular complexity index is 613. The Morgan fingerprint density at radius 2 is 2.21 bits per heavy atom. The minimum absolute atomic E-state index is 0.000423. The van der Waals surface area contributed by atoms with Gasteiger partial charge in [-0.25, -0.2) is 0 Å². The Hall–Kier alpha value is -1.40. The largest absolute Gasteiger partial charge is 0.395 e. The number of likely N-dealkylation sites (tertiary alicyclic amines) is 2. The molecule has 132 valence electrons. The third-order valence-corrected chi connectivity index (χ3v) is 6.23. The van der Waals surface area contributed by atoms with Crippen LogP contribution >= 0.6 is 11.3 Å². The van der Waals surface area contributed by atoms with Crippen molar-refractivity contribution in [2.75, 3.05) is 32.8 Å². The fourth-order valence-electron chi connectivity index (χ4n) is 3.96. The number of aliphatic hydroxyl groups is 1. The zero-order chi connectivity index (χ0) is 17.2. The summed E-state index contributed by atoms with van der Waals surface area (Å²) in [5.74, 6) is 0.174. The first-order chi connectivity index (χ1) is 11.6. The van der Waals surface area contributed by atoms with Gasteiger partial charge in [-0.1, -0.05) is 13.3 Å². The molecule has 0 radical (unpaired) electrons. The van der Waals surface area contributed by atoms with Crippen LogP contribution in [-0.2, 0) is 11.2 Å². The van der Waals surface area contributed by atoms with E-state index < -0.39 is 5.41 Å². The Balaban J connectivity index is 1.69. The van der Waals surface area contributed by atoms with Crippen LogP contribution < -0.4 is 0 Å². The summed E-state index contributed by atoms with van der Waals surface area (Å²) < 4.78 is 0. The summed E-state index contributed by atoms with van der Waals surface area (Å²) in [7, 11) is 0. The highest BCUT2D eigenvalue weighted by Gasteiger charge is 2.49. The summed E-state index contributed by atoms with van der Waals surface area (Å²) in [6.45, 7) is 4.43. The van der Waals surface area contributed by atoms with Crippen LogP contribution in [0.25, 0.3) is 0 Å². The molecule has 2 fully saturated rings. The molecule has 0 aromatic carbocycles. The van der Waals surface area contributed by atoms with Gasteiger partial charge >= 0.3 is 0 Å². The normalized spacial score (nSPS) is 24.2. The van der Waals surface area contributed by atoms with Gasteiger partial charge in [0, 0.05) is 36.4 Å². The van der Waals surface area contributed by atoms with E-state index >= 15 is 0 Å². The molecule has 5 nitrogen and oxygen atoms in total. The first-order valence-electron chi connectivity index (χ1n) is 8.86. The highest BCUT2D eigenvalue weighted by molar-refractivity contribution is 7.10. The fraction of sp³-hybridized carbons (Fsp3) is 0.667. The molecule has 2 aliphatic heterocycles. The Labute approximate surface area is 147 Å². The van der Waals surface area contributed by atoms with Gasteiger partial charge in [-0.15, -0.1) is 11.3 Å². The highest BCUT2D eigenvalue weighted by atomic mass is 32.1. The van der Waals surface area contributed by atoms with E-state index in [0.717, 1.165) is 44.2 Å². The monoisotopic (exact) mass is 350 g/mol. The topological polar surface area (TPSA) is 60.9 Å². The van der Waals surface area contributed by atoms with E-state index in [0.29, 0.717) is 19.6 Å². The highest BCUT2D eigenvalue weighted by Crippen LogP contribution is 2.40. The van der Waals surface area contributed by atoms with Crippen LogP contribution in [0.4, 0.5) is 0 Å². The molecule has 6 heteroatoms. The third-order valence-electron chi connectivity index (χ3n) is 5.23. The number of carbonyl (C=O) groups excluding carboxylic acids is 2. The summed E-state index contributed by atoms with van der Waals surface area (Å²) in [6.07, 6.45) is 4.63. The number of hydrogen-bond donors (Lipinski definition) is 1. The number of thiophene rings is 1. The van der Waals surface area contributed by atoms with Crippen LogP contribution in [0.15, 0.2) is 11.4 Å². The van der Waals surface area contributed by atoms with E-state index in [1.165, 1.54) is 4.88 Å². The van der Waals surface area contributed by atoms with Crippen LogP contribution in [0.1, 0.15) is 47.8 Å². The lowest BCUT2D eigenvalue weighted by atomic mass is 9.78. The molecule has 0 bridgehead atoms. The number of β-amino-alcohol motifs (C(OH)–C–C–N with tert-alkyl or cyclic N) is 1. The predicted octanol–water partition coefficient (Wildman–Crippen LogP) is 2.15. The van der Waals surface area contributed by atoms with Crippen LogP contribution in [0.3, 0.4) is 0 Å². The molecule has 2 amide bonds. The molecule has 3 heterocycles. The van der Waals surface area contributed by atoms with Gasteiger partial charge in [-0.05, 0) is 31.7 Å². The second-order valence-corrected chi connectivity index (χ2v) is 7.92. The molecule has 1 aromatic rings. The molecule has 24 heavy (non-hydrogen) atoms. The van der Waals surface area contributed by atoms with Gasteiger partial charge < -0.3 is 14.9 Å². The number of hydrogen-bond acceptors (Lipinski definition) is 4. The lowest BCUT2D eigenvalue weighted by Crippen LogP contribution is -2.51. The quantitative estimate of drug-likeness (QED) is 0.885. The lowest BCUT2D eigenvalue weighted by Gasteiger charge is -2.39. The maximum Gasteiger partial charge on any atom is 0.254 e. The molecule has 1 spiro atoms. The van der Waals surface area contributed by atoms with Crippen molar-refractivity contribution < 1.29 is 14.7 Å². The molecule has 0 unspecified atom stereocenters. The average molecular weight is 350 g/mol. The molecule has 1 atom stereocenters. The SMILES string of the molecule is CCCc1cc(C(=O)N2CC[C@]3(CCCN(CCO)C3=O)C2)cs1. The summed E-state index contributed by atoms with van der Waals surface area (Å²) in [5.41, 5.74) is 0.335. The van der Waals surface area contributed by atoms with Crippen molar-refractivity contribution in [2.24, 2.45) is 5.41 Å². The number of carbonyl (C=O) groups is 2. The van der Waals surface area contributed by atoms with Crippen molar-refractivity contribution in [1.82, 2.24) is 9.80 Å². The molecule has 3 rings (SSSR count). The Morgan fingerprint density at radius 3 is 2.96 bits per heavy atom. The van der Waals surface area contributed by atoms with Crippen LogP contribution in [0, 0.1) is 5.41 Å². The molecule has 1 N–H and O–H groups in total. The minimum atomic E-state index is -0.425. The Kier molecular flexibility index (Phi) is 5.25. The van der Waals surface area contributed by atoms with Crippen LogP contribution in [-0.4, -0.2) is 59.5 Å². The molecular formula is C18H26N2O3S. The standard InChI is InChI=1S/C18H26N2O3S/c1-2-4-15-11-14(12-24-15)16(22)20-8-6-18(13-20)5-3-7-19(9-10-21)17(18)23/h11-12,21H,2-10,13H2,1H3/t18-/m1/s1. The van der Waals surface area contributed by atoms with Crippen molar-refractivity contribution in [3.05, 3.63) is 21.9 Å². The summed E-state index contributed by atoms with van der Waals surface area (Å²) in [6, 6.07) is 2.00. The van der Waals surface area contributed by atoms with Gasteiger partial charge in [0.25, 0.3) is 5.91 Å². The Morgan fingerprint density at radius 1 is 1.38 bits per heavy atom. The number of amides is 2. The van der Waals surface area contributed by atoms with Gasteiger partial charge in [0.05, 0.1) is 17.6 Å². The number of nitrogens with zero attached hydrogens (tertiary/aromatic N) is 2. The number of aryl methyl sites for hydroxylation is 1. The van der Waals surface area contributed by atoms with Gasteiger partial charge in [0.1, 0.15) is 0 Å². The van der Waals surface area contributed by atoms with Crippen LogP contribution in [0.5, 0.6) is 0 Å². The smallest absolute Gasteiger partial charge is 0.254 e. The van der Waals surface area contributed by atoms with Gasteiger partial charge in [-0.3, -0.25) is 9.59 Å². The van der Waals surface area contributed by atoms with Crippen molar-refractivity contribution in [3.63, 3.8) is 0 Å². The van der Waals surface area contributed by atoms with E-state index in [1.807, 2.05) is 16.3 Å².